The van der Waals surface area contributed by atoms with Gasteiger partial charge in [-0.25, -0.2) is 4.79 Å². The summed E-state index contributed by atoms with van der Waals surface area (Å²) in [7, 11) is 0. The number of benzene rings is 1. The van der Waals surface area contributed by atoms with Crippen molar-refractivity contribution in [3.63, 3.8) is 0 Å². The molecule has 0 aliphatic carbocycles. The molecular formula is C12H9NO3S2. The summed E-state index contributed by atoms with van der Waals surface area (Å²) in [6, 6.07) is 9.57. The molecule has 2 aliphatic heterocycles. The first-order valence-electron chi connectivity index (χ1n) is 5.36. The summed E-state index contributed by atoms with van der Waals surface area (Å²) in [5, 5.41) is 9.20. The number of carboxylic acid groups (broad SMARTS) is 1. The molecule has 92 valence electrons. The van der Waals surface area contributed by atoms with E-state index in [-0.39, 0.29) is 17.0 Å². The number of carbonyl (C=O) groups excluding carboxylic acids is 1. The van der Waals surface area contributed by atoms with Gasteiger partial charge in [-0.3, -0.25) is 9.69 Å². The van der Waals surface area contributed by atoms with Crippen LogP contribution in [-0.2, 0) is 9.59 Å². The number of fused-ring (bicyclic) bond motifs is 1. The fourth-order valence-electron chi connectivity index (χ4n) is 1.89. The van der Waals surface area contributed by atoms with Crippen molar-refractivity contribution in [3.8, 4) is 0 Å². The summed E-state index contributed by atoms with van der Waals surface area (Å²) in [6.45, 7) is 0. The quantitative estimate of drug-likeness (QED) is 0.861. The third-order valence-electron chi connectivity index (χ3n) is 2.74. The summed E-state index contributed by atoms with van der Waals surface area (Å²) in [4.78, 5) is 25.1. The highest BCUT2D eigenvalue weighted by Crippen LogP contribution is 2.52. The van der Waals surface area contributed by atoms with E-state index in [1.807, 2.05) is 30.3 Å². The molecule has 1 saturated heterocycles. The number of rotatable bonds is 3. The largest absolute Gasteiger partial charge is 0.477 e. The molecule has 1 fully saturated rings. The minimum absolute atomic E-state index is 0.0187. The van der Waals surface area contributed by atoms with Gasteiger partial charge < -0.3 is 5.11 Å². The number of thioether (sulfide) groups is 2. The first-order valence-corrected chi connectivity index (χ1v) is 7.05. The highest BCUT2D eigenvalue weighted by atomic mass is 32.2. The second-order valence-corrected chi connectivity index (χ2v) is 6.43. The van der Waals surface area contributed by atoms with Crippen molar-refractivity contribution in [3.05, 3.63) is 40.3 Å². The zero-order valence-electron chi connectivity index (χ0n) is 9.20. The second kappa shape index (κ2) is 4.37. The molecule has 6 heteroatoms. The number of carboxylic acids is 1. The fourth-order valence-corrected chi connectivity index (χ4v) is 4.59. The lowest BCUT2D eigenvalue weighted by molar-refractivity contribution is -0.145. The van der Waals surface area contributed by atoms with Crippen LogP contribution in [0, 0.1) is 0 Å². The van der Waals surface area contributed by atoms with Crippen LogP contribution in [-0.4, -0.2) is 27.3 Å². The van der Waals surface area contributed by atoms with Crippen LogP contribution >= 0.6 is 23.5 Å². The Morgan fingerprint density at radius 1 is 1.39 bits per heavy atom. The lowest BCUT2D eigenvalue weighted by Gasteiger charge is -2.33. The molecule has 1 amide bonds. The van der Waals surface area contributed by atoms with Gasteiger partial charge in [-0.05, 0) is 12.1 Å². The molecule has 0 bridgehead atoms. The average molecular weight is 279 g/mol. The summed E-state index contributed by atoms with van der Waals surface area (Å²) in [5.74, 6) is -1.13. The van der Waals surface area contributed by atoms with Crippen molar-refractivity contribution in [1.82, 2.24) is 4.90 Å². The molecule has 3 rings (SSSR count). The molecule has 18 heavy (non-hydrogen) atoms. The maximum Gasteiger partial charge on any atom is 0.354 e. The Bertz CT molecular complexity index is 556. The van der Waals surface area contributed by atoms with Gasteiger partial charge in [0.1, 0.15) is 0 Å². The van der Waals surface area contributed by atoms with Crippen LogP contribution in [0.3, 0.4) is 0 Å². The molecule has 0 radical (unpaired) electrons. The van der Waals surface area contributed by atoms with Gasteiger partial charge in [0.05, 0.1) is 16.0 Å². The number of β-lactam (4-membered cyclic amide) rings is 1. The third-order valence-corrected chi connectivity index (χ3v) is 5.22. The lowest BCUT2D eigenvalue weighted by atomic mass is 10.2. The SMILES string of the molecule is O=C(O)C1=C(Sc2ccccc2)S[C@@H]2CC(=O)N12. The van der Waals surface area contributed by atoms with Gasteiger partial charge in [-0.1, -0.05) is 41.7 Å². The van der Waals surface area contributed by atoms with Gasteiger partial charge in [-0.2, -0.15) is 0 Å². The molecule has 1 aromatic carbocycles. The monoisotopic (exact) mass is 279 g/mol. The van der Waals surface area contributed by atoms with E-state index in [1.165, 1.54) is 28.4 Å². The van der Waals surface area contributed by atoms with Crippen molar-refractivity contribution in [2.24, 2.45) is 0 Å². The topological polar surface area (TPSA) is 57.6 Å². The Morgan fingerprint density at radius 2 is 2.11 bits per heavy atom. The molecule has 1 N–H and O–H groups in total. The van der Waals surface area contributed by atoms with Gasteiger partial charge in [0.15, 0.2) is 5.70 Å². The number of hydrogen-bond acceptors (Lipinski definition) is 4. The standard InChI is InChI=1S/C12H9NO3S2/c14-8-6-9-13(8)10(11(15)16)12(18-9)17-7-4-2-1-3-5-7/h1-5,9H,6H2,(H,15,16)/t9-/m1/s1. The van der Waals surface area contributed by atoms with E-state index in [2.05, 4.69) is 0 Å². The molecule has 1 aromatic rings. The highest BCUT2D eigenvalue weighted by molar-refractivity contribution is 8.22. The Morgan fingerprint density at radius 3 is 2.72 bits per heavy atom. The van der Waals surface area contributed by atoms with E-state index in [1.54, 1.807) is 0 Å². The number of amides is 1. The predicted molar refractivity (Wildman–Crippen MR) is 69.8 cm³/mol. The van der Waals surface area contributed by atoms with E-state index in [0.717, 1.165) is 4.90 Å². The number of nitrogens with zero attached hydrogens (tertiary/aromatic N) is 1. The summed E-state index contributed by atoms with van der Waals surface area (Å²) in [6.07, 6.45) is 0.431. The van der Waals surface area contributed by atoms with Crippen LogP contribution < -0.4 is 0 Å². The zero-order chi connectivity index (χ0) is 12.7. The number of hydrogen-bond donors (Lipinski definition) is 1. The molecule has 0 unspecified atom stereocenters. The van der Waals surface area contributed by atoms with Gasteiger partial charge >= 0.3 is 5.97 Å². The Labute approximate surface area is 112 Å². The molecule has 0 saturated carbocycles. The smallest absolute Gasteiger partial charge is 0.354 e. The molecule has 4 nitrogen and oxygen atoms in total. The van der Waals surface area contributed by atoms with Gasteiger partial charge in [-0.15, -0.1) is 0 Å². The molecule has 2 aliphatic rings. The van der Waals surface area contributed by atoms with Crippen molar-refractivity contribution < 1.29 is 14.7 Å². The van der Waals surface area contributed by atoms with E-state index in [9.17, 15) is 14.7 Å². The number of aliphatic carboxylic acids is 1. The Balaban J connectivity index is 1.91. The maximum absolute atomic E-state index is 11.4. The molecule has 0 aromatic heterocycles. The Kier molecular flexibility index (Phi) is 2.83. The third kappa shape index (κ3) is 1.81. The van der Waals surface area contributed by atoms with Crippen LogP contribution in [0.2, 0.25) is 0 Å². The van der Waals surface area contributed by atoms with E-state index in [0.29, 0.717) is 10.7 Å². The second-order valence-electron chi connectivity index (χ2n) is 3.90. The fraction of sp³-hybridized carbons (Fsp3) is 0.167. The normalized spacial score (nSPS) is 21.9. The average Bonchev–Trinajstić information content (AvgIpc) is 2.63. The predicted octanol–water partition coefficient (Wildman–Crippen LogP) is 2.34. The van der Waals surface area contributed by atoms with Crippen LogP contribution in [0.1, 0.15) is 6.42 Å². The Hall–Kier alpha value is -1.40. The first-order chi connectivity index (χ1) is 8.66. The zero-order valence-corrected chi connectivity index (χ0v) is 10.8. The van der Waals surface area contributed by atoms with Crippen molar-refractivity contribution in [2.45, 2.75) is 16.7 Å². The molecule has 2 heterocycles. The summed E-state index contributed by atoms with van der Waals surface area (Å²) >= 11 is 2.87. The van der Waals surface area contributed by atoms with Gasteiger partial charge in [0.25, 0.3) is 0 Å². The van der Waals surface area contributed by atoms with Crippen molar-refractivity contribution >= 4 is 35.4 Å². The van der Waals surface area contributed by atoms with Crippen molar-refractivity contribution in [2.75, 3.05) is 0 Å². The van der Waals surface area contributed by atoms with Crippen LogP contribution in [0.25, 0.3) is 0 Å². The van der Waals surface area contributed by atoms with E-state index in [4.69, 9.17) is 0 Å². The van der Waals surface area contributed by atoms with E-state index < -0.39 is 5.97 Å². The van der Waals surface area contributed by atoms with Gasteiger partial charge in [0, 0.05) is 4.90 Å². The molecular weight excluding hydrogens is 270 g/mol. The van der Waals surface area contributed by atoms with Crippen molar-refractivity contribution in [1.29, 1.82) is 0 Å². The molecule has 1 atom stereocenters. The maximum atomic E-state index is 11.4. The highest BCUT2D eigenvalue weighted by Gasteiger charge is 2.48. The van der Waals surface area contributed by atoms with Crippen LogP contribution in [0.5, 0.6) is 0 Å². The first kappa shape index (κ1) is 11.7. The minimum Gasteiger partial charge on any atom is -0.477 e. The summed E-state index contributed by atoms with van der Waals surface area (Å²) < 4.78 is 0.699. The van der Waals surface area contributed by atoms with Crippen LogP contribution in [0.4, 0.5) is 0 Å². The minimum atomic E-state index is -1.03. The van der Waals surface area contributed by atoms with Gasteiger partial charge in [0.2, 0.25) is 5.91 Å². The number of carbonyl (C=O) groups is 2. The van der Waals surface area contributed by atoms with Crippen LogP contribution in [0.15, 0.2) is 45.2 Å². The molecule has 0 spiro atoms. The lowest BCUT2D eigenvalue weighted by Crippen LogP contribution is -2.48. The van der Waals surface area contributed by atoms with E-state index >= 15 is 0 Å². The summed E-state index contributed by atoms with van der Waals surface area (Å²) in [5.41, 5.74) is 0.134.